The van der Waals surface area contributed by atoms with Gasteiger partial charge in [0, 0.05) is 12.0 Å². The fourth-order valence-electron chi connectivity index (χ4n) is 5.32. The van der Waals surface area contributed by atoms with Gasteiger partial charge < -0.3 is 10.8 Å². The molecule has 0 aliphatic heterocycles. The summed E-state index contributed by atoms with van der Waals surface area (Å²) in [5.74, 6) is 2.39. The van der Waals surface area contributed by atoms with Crippen LogP contribution in [0, 0.1) is 29.1 Å². The van der Waals surface area contributed by atoms with Crippen LogP contribution in [0.15, 0.2) is 0 Å². The maximum Gasteiger partial charge on any atom is 0.0748 e. The van der Waals surface area contributed by atoms with Crippen LogP contribution in [0.5, 0.6) is 0 Å². The van der Waals surface area contributed by atoms with Crippen molar-refractivity contribution in [1.82, 2.24) is 0 Å². The van der Waals surface area contributed by atoms with Gasteiger partial charge in [0.1, 0.15) is 0 Å². The van der Waals surface area contributed by atoms with Crippen LogP contribution in [-0.4, -0.2) is 17.3 Å². The predicted molar refractivity (Wildman–Crippen MR) is 85.4 cm³/mol. The molecule has 5 unspecified atom stereocenters. The third-order valence-electron chi connectivity index (χ3n) is 6.65. The van der Waals surface area contributed by atoms with E-state index in [4.69, 9.17) is 5.73 Å². The summed E-state index contributed by atoms with van der Waals surface area (Å²) in [5.41, 5.74) is 5.70. The Morgan fingerprint density at radius 1 is 1.20 bits per heavy atom. The van der Waals surface area contributed by atoms with E-state index < -0.39 is 5.60 Å². The molecule has 0 amide bonds. The number of hydrogen-bond donors (Lipinski definition) is 2. The lowest BCUT2D eigenvalue weighted by atomic mass is 9.55. The minimum absolute atomic E-state index is 0.0166. The van der Waals surface area contributed by atoms with Gasteiger partial charge in [-0.05, 0) is 55.8 Å². The zero-order valence-electron chi connectivity index (χ0n) is 14.0. The third kappa shape index (κ3) is 2.54. The Morgan fingerprint density at radius 3 is 2.40 bits per heavy atom. The highest BCUT2D eigenvalue weighted by molar-refractivity contribution is 5.09. The number of rotatable bonds is 4. The molecule has 2 fully saturated rings. The maximum atomic E-state index is 11.8. The van der Waals surface area contributed by atoms with Gasteiger partial charge in [-0.15, -0.1) is 0 Å². The van der Waals surface area contributed by atoms with Gasteiger partial charge in [-0.3, -0.25) is 0 Å². The van der Waals surface area contributed by atoms with E-state index in [1.165, 1.54) is 25.7 Å². The highest BCUT2D eigenvalue weighted by Crippen LogP contribution is 2.58. The standard InChI is InChI=1S/C18H35NO/c1-5-15-8-9-17(11-15,12-19)18(20)10-14(4)6-7-16(18)13(2)3/h13-16,20H,5-12,19H2,1-4H3. The number of hydrogen-bond acceptors (Lipinski definition) is 2. The van der Waals surface area contributed by atoms with Crippen molar-refractivity contribution in [2.45, 2.75) is 78.2 Å². The fourth-order valence-corrected chi connectivity index (χ4v) is 5.32. The largest absolute Gasteiger partial charge is 0.389 e. The second kappa shape index (κ2) is 5.96. The van der Waals surface area contributed by atoms with Crippen LogP contribution in [0.2, 0.25) is 0 Å². The molecule has 5 atom stereocenters. The summed E-state index contributed by atoms with van der Waals surface area (Å²) in [5, 5.41) is 11.8. The summed E-state index contributed by atoms with van der Waals surface area (Å²) in [4.78, 5) is 0. The lowest BCUT2D eigenvalue weighted by Crippen LogP contribution is -2.59. The van der Waals surface area contributed by atoms with Gasteiger partial charge >= 0.3 is 0 Å². The summed E-state index contributed by atoms with van der Waals surface area (Å²) in [7, 11) is 0. The molecule has 2 aliphatic rings. The Balaban J connectivity index is 2.32. The third-order valence-corrected chi connectivity index (χ3v) is 6.65. The molecule has 0 saturated heterocycles. The van der Waals surface area contributed by atoms with Gasteiger partial charge in [0.15, 0.2) is 0 Å². The molecule has 2 heteroatoms. The van der Waals surface area contributed by atoms with E-state index >= 15 is 0 Å². The summed E-state index contributed by atoms with van der Waals surface area (Å²) in [6.07, 6.45) is 8.18. The quantitative estimate of drug-likeness (QED) is 0.819. The number of nitrogens with two attached hydrogens (primary N) is 1. The van der Waals surface area contributed by atoms with Crippen molar-refractivity contribution in [2.75, 3.05) is 6.54 Å². The van der Waals surface area contributed by atoms with Crippen molar-refractivity contribution in [3.63, 3.8) is 0 Å². The Morgan fingerprint density at radius 2 is 1.90 bits per heavy atom. The first kappa shape index (κ1) is 16.3. The summed E-state index contributed by atoms with van der Waals surface area (Å²) in [6.45, 7) is 9.81. The van der Waals surface area contributed by atoms with E-state index in [2.05, 4.69) is 27.7 Å². The fraction of sp³-hybridized carbons (Fsp3) is 1.00. The smallest absolute Gasteiger partial charge is 0.0748 e. The molecule has 0 aromatic heterocycles. The van der Waals surface area contributed by atoms with Crippen LogP contribution in [0.25, 0.3) is 0 Å². The summed E-state index contributed by atoms with van der Waals surface area (Å²) in [6, 6.07) is 0. The minimum Gasteiger partial charge on any atom is -0.389 e. The molecule has 2 nitrogen and oxygen atoms in total. The average molecular weight is 281 g/mol. The van der Waals surface area contributed by atoms with Crippen LogP contribution in [0.3, 0.4) is 0 Å². The van der Waals surface area contributed by atoms with Crippen LogP contribution >= 0.6 is 0 Å². The first-order chi connectivity index (χ1) is 9.38. The molecule has 20 heavy (non-hydrogen) atoms. The van der Waals surface area contributed by atoms with Gasteiger partial charge in [0.2, 0.25) is 0 Å². The Labute approximate surface area is 125 Å². The van der Waals surface area contributed by atoms with Gasteiger partial charge in [-0.1, -0.05) is 40.5 Å². The average Bonchev–Trinajstić information content (AvgIpc) is 2.83. The SMILES string of the molecule is CCC1CCC(CN)(C2(O)CC(C)CCC2C(C)C)C1. The minimum atomic E-state index is -0.530. The predicted octanol–water partition coefficient (Wildman–Crippen LogP) is 3.96. The molecule has 0 heterocycles. The van der Waals surface area contributed by atoms with Gasteiger partial charge in [0.25, 0.3) is 0 Å². The van der Waals surface area contributed by atoms with Crippen LogP contribution in [0.4, 0.5) is 0 Å². The molecular weight excluding hydrogens is 246 g/mol. The molecule has 3 N–H and O–H groups in total. The molecule has 0 aromatic carbocycles. The zero-order valence-corrected chi connectivity index (χ0v) is 14.0. The van der Waals surface area contributed by atoms with Crippen molar-refractivity contribution < 1.29 is 5.11 Å². The summed E-state index contributed by atoms with van der Waals surface area (Å²) >= 11 is 0. The van der Waals surface area contributed by atoms with Crippen LogP contribution in [-0.2, 0) is 0 Å². The lowest BCUT2D eigenvalue weighted by Gasteiger charge is -2.55. The van der Waals surface area contributed by atoms with Gasteiger partial charge in [-0.25, -0.2) is 0 Å². The molecule has 0 radical (unpaired) electrons. The van der Waals surface area contributed by atoms with Crippen molar-refractivity contribution in [3.05, 3.63) is 0 Å². The highest BCUT2D eigenvalue weighted by Gasteiger charge is 2.58. The molecule has 0 aromatic rings. The van der Waals surface area contributed by atoms with E-state index in [-0.39, 0.29) is 5.41 Å². The lowest BCUT2D eigenvalue weighted by molar-refractivity contribution is -0.165. The Kier molecular flexibility index (Phi) is 4.86. The second-order valence-electron chi connectivity index (χ2n) is 8.16. The van der Waals surface area contributed by atoms with Gasteiger partial charge in [0.05, 0.1) is 5.60 Å². The van der Waals surface area contributed by atoms with Gasteiger partial charge in [-0.2, -0.15) is 0 Å². The molecule has 2 saturated carbocycles. The van der Waals surface area contributed by atoms with Crippen LogP contribution in [0.1, 0.15) is 72.6 Å². The van der Waals surface area contributed by atoms with E-state index in [1.807, 2.05) is 0 Å². The second-order valence-corrected chi connectivity index (χ2v) is 8.16. The molecule has 2 rings (SSSR count). The normalized spacial score (nSPS) is 46.0. The van der Waals surface area contributed by atoms with E-state index in [9.17, 15) is 5.11 Å². The maximum absolute atomic E-state index is 11.8. The molecule has 0 spiro atoms. The Hall–Kier alpha value is -0.0800. The van der Waals surface area contributed by atoms with Crippen LogP contribution < -0.4 is 5.73 Å². The zero-order chi connectivity index (χ0) is 15.0. The van der Waals surface area contributed by atoms with Crippen molar-refractivity contribution in [1.29, 1.82) is 0 Å². The van der Waals surface area contributed by atoms with E-state index in [0.29, 0.717) is 24.3 Å². The van der Waals surface area contributed by atoms with E-state index in [1.54, 1.807) is 0 Å². The van der Waals surface area contributed by atoms with Crippen molar-refractivity contribution in [2.24, 2.45) is 34.8 Å². The highest BCUT2D eigenvalue weighted by atomic mass is 16.3. The molecule has 2 aliphatic carbocycles. The van der Waals surface area contributed by atoms with E-state index in [0.717, 1.165) is 25.2 Å². The monoisotopic (exact) mass is 281 g/mol. The topological polar surface area (TPSA) is 46.2 Å². The Bertz CT molecular complexity index is 329. The van der Waals surface area contributed by atoms with Crippen molar-refractivity contribution in [3.8, 4) is 0 Å². The first-order valence-corrected chi connectivity index (χ1v) is 8.81. The first-order valence-electron chi connectivity index (χ1n) is 8.81. The molecule has 118 valence electrons. The molecular formula is C18H35NO. The van der Waals surface area contributed by atoms with Crippen molar-refractivity contribution >= 4 is 0 Å². The summed E-state index contributed by atoms with van der Waals surface area (Å²) < 4.78 is 0. The number of aliphatic hydroxyl groups is 1. The molecule has 0 bridgehead atoms.